The number of nitrogens with one attached hydrogen (secondary N) is 4. The molecule has 226 valence electrons. The third-order valence-electron chi connectivity index (χ3n) is 6.97. The number of rotatable bonds is 10. The van der Waals surface area contributed by atoms with Gasteiger partial charge in [-0.3, -0.25) is 10.1 Å². The molecule has 1 aliphatic heterocycles. The average molecular weight is 638 g/mol. The Kier molecular flexibility index (Phi) is 8.93. The SMILES string of the molecule is CS(=O)(=O)NCc1nc(NC(=O)Nc2ccc(N3CCOCC3)cc2C(=O)C2CCCC2)sc1S(=O)(=O)c1ncc[nH]1. The highest BCUT2D eigenvalue weighted by atomic mass is 32.2. The first-order valence-corrected chi connectivity index (χ1v) is 17.5. The van der Waals surface area contributed by atoms with Crippen LogP contribution in [0.3, 0.4) is 0 Å². The van der Waals surface area contributed by atoms with Crippen molar-refractivity contribution in [3.63, 3.8) is 0 Å². The number of sulfone groups is 1. The van der Waals surface area contributed by atoms with E-state index in [1.54, 1.807) is 12.1 Å². The lowest BCUT2D eigenvalue weighted by Crippen LogP contribution is -2.36. The Bertz CT molecular complexity index is 1660. The fourth-order valence-electron chi connectivity index (χ4n) is 4.92. The molecule has 2 amide bonds. The molecule has 2 aromatic heterocycles. The number of aromatic amines is 1. The van der Waals surface area contributed by atoms with Crippen molar-refractivity contribution in [3.05, 3.63) is 41.9 Å². The number of amides is 2. The fourth-order valence-corrected chi connectivity index (χ4v) is 7.97. The fraction of sp³-hybridized carbons (Fsp3) is 0.440. The molecule has 3 aromatic rings. The van der Waals surface area contributed by atoms with E-state index >= 15 is 0 Å². The van der Waals surface area contributed by atoms with Gasteiger partial charge in [0.25, 0.3) is 9.84 Å². The van der Waals surface area contributed by atoms with Crippen molar-refractivity contribution in [1.29, 1.82) is 0 Å². The first-order valence-electron chi connectivity index (χ1n) is 13.3. The predicted octanol–water partition coefficient (Wildman–Crippen LogP) is 2.60. The number of hydrogen-bond acceptors (Lipinski definition) is 11. The third-order valence-corrected chi connectivity index (χ3v) is 10.8. The number of anilines is 3. The summed E-state index contributed by atoms with van der Waals surface area (Å²) in [5, 5.41) is 4.81. The number of ketones is 1. The van der Waals surface area contributed by atoms with E-state index in [2.05, 4.69) is 35.2 Å². The maximum atomic E-state index is 13.5. The molecule has 0 spiro atoms. The highest BCUT2D eigenvalue weighted by Crippen LogP contribution is 2.34. The van der Waals surface area contributed by atoms with E-state index in [1.165, 1.54) is 12.4 Å². The molecule has 3 heterocycles. The molecule has 17 heteroatoms. The standard InChI is InChI=1S/C25H31N7O7S3/c1-41(35,36)28-15-20-22(42(37,38)25-26-8-9-27-25)40-24(30-20)31-23(34)29-19-7-6-17(32-10-12-39-13-11-32)14-18(19)21(33)16-4-2-3-5-16/h6-9,14,16,28H,2-5,10-13,15H2,1H3,(H,26,27)(H2,29,30,31,34). The van der Waals surface area contributed by atoms with Crippen LogP contribution in [0.2, 0.25) is 0 Å². The van der Waals surface area contributed by atoms with E-state index in [9.17, 15) is 26.4 Å². The van der Waals surface area contributed by atoms with Crippen LogP contribution < -0.4 is 20.3 Å². The van der Waals surface area contributed by atoms with Crippen molar-refractivity contribution in [2.24, 2.45) is 5.92 Å². The summed E-state index contributed by atoms with van der Waals surface area (Å²) in [7, 11) is -7.86. The van der Waals surface area contributed by atoms with Crippen LogP contribution in [0.4, 0.5) is 21.3 Å². The number of benzene rings is 1. The number of imidazole rings is 1. The summed E-state index contributed by atoms with van der Waals surface area (Å²) in [5.41, 5.74) is 1.48. The number of morpholine rings is 1. The Balaban J connectivity index is 1.40. The topological polar surface area (TPSA) is 193 Å². The Morgan fingerprint density at radius 3 is 2.52 bits per heavy atom. The number of Topliss-reactive ketones (excluding diaryl/α,β-unsaturated/α-hetero) is 1. The van der Waals surface area contributed by atoms with Crippen molar-refractivity contribution in [2.75, 3.05) is 48.1 Å². The molecular weight excluding hydrogens is 607 g/mol. The minimum absolute atomic E-state index is 0.0341. The number of ether oxygens (including phenoxy) is 1. The molecular formula is C25H31N7O7S3. The van der Waals surface area contributed by atoms with Crippen LogP contribution in [-0.4, -0.2) is 76.2 Å². The number of carbonyl (C=O) groups is 2. The van der Waals surface area contributed by atoms with Gasteiger partial charge >= 0.3 is 6.03 Å². The number of hydrogen-bond donors (Lipinski definition) is 4. The third kappa shape index (κ3) is 6.97. The molecule has 0 radical (unpaired) electrons. The van der Waals surface area contributed by atoms with Crippen molar-refractivity contribution in [3.8, 4) is 0 Å². The summed E-state index contributed by atoms with van der Waals surface area (Å²) < 4.78 is 57.0. The summed E-state index contributed by atoms with van der Waals surface area (Å²) in [5.74, 6) is -0.153. The number of aromatic nitrogens is 3. The predicted molar refractivity (Wildman–Crippen MR) is 156 cm³/mol. The van der Waals surface area contributed by atoms with Gasteiger partial charge in [0.05, 0.1) is 37.4 Å². The number of thiazole rings is 1. The van der Waals surface area contributed by atoms with E-state index in [4.69, 9.17) is 4.74 Å². The molecule has 1 aromatic carbocycles. The van der Waals surface area contributed by atoms with Gasteiger partial charge in [-0.15, -0.1) is 0 Å². The van der Waals surface area contributed by atoms with Gasteiger partial charge in [-0.1, -0.05) is 24.2 Å². The van der Waals surface area contributed by atoms with Gasteiger partial charge < -0.3 is 19.9 Å². The van der Waals surface area contributed by atoms with Crippen LogP contribution in [-0.2, 0) is 31.1 Å². The van der Waals surface area contributed by atoms with E-state index in [0.29, 0.717) is 48.9 Å². The van der Waals surface area contributed by atoms with Crippen LogP contribution in [0.15, 0.2) is 40.0 Å². The lowest BCUT2D eigenvalue weighted by Gasteiger charge is -2.29. The second-order valence-electron chi connectivity index (χ2n) is 10.00. The lowest BCUT2D eigenvalue weighted by atomic mass is 9.94. The lowest BCUT2D eigenvalue weighted by molar-refractivity contribution is 0.0923. The summed E-state index contributed by atoms with van der Waals surface area (Å²) in [6, 6.07) is 4.57. The van der Waals surface area contributed by atoms with Crippen LogP contribution in [0.5, 0.6) is 0 Å². The largest absolute Gasteiger partial charge is 0.378 e. The molecule has 2 fully saturated rings. The first-order chi connectivity index (χ1) is 20.0. The summed E-state index contributed by atoms with van der Waals surface area (Å²) in [6.45, 7) is 2.13. The van der Waals surface area contributed by atoms with Crippen molar-refractivity contribution >= 4 is 59.5 Å². The summed E-state index contributed by atoms with van der Waals surface area (Å²) >= 11 is 0.655. The normalized spacial score (nSPS) is 16.5. The van der Waals surface area contributed by atoms with Crippen LogP contribution in [0.25, 0.3) is 0 Å². The number of carbonyl (C=O) groups excluding carboxylic acids is 2. The Hall–Kier alpha value is -3.38. The maximum Gasteiger partial charge on any atom is 0.325 e. The zero-order valence-corrected chi connectivity index (χ0v) is 25.2. The van der Waals surface area contributed by atoms with E-state index < -0.39 is 32.4 Å². The van der Waals surface area contributed by atoms with Gasteiger partial charge in [-0.2, -0.15) is 0 Å². The second kappa shape index (κ2) is 12.5. The Morgan fingerprint density at radius 1 is 1.12 bits per heavy atom. The molecule has 5 rings (SSSR count). The molecule has 1 aliphatic carbocycles. The van der Waals surface area contributed by atoms with Crippen LogP contribution in [0.1, 0.15) is 41.7 Å². The molecule has 42 heavy (non-hydrogen) atoms. The summed E-state index contributed by atoms with van der Waals surface area (Å²) in [4.78, 5) is 39.2. The first kappa shape index (κ1) is 30.1. The number of nitrogens with zero attached hydrogens (tertiary/aromatic N) is 3. The van der Waals surface area contributed by atoms with Gasteiger partial charge in [0.1, 0.15) is 0 Å². The van der Waals surface area contributed by atoms with E-state index in [1.807, 2.05) is 6.07 Å². The van der Waals surface area contributed by atoms with Gasteiger partial charge in [-0.25, -0.2) is 36.3 Å². The quantitative estimate of drug-likeness (QED) is 0.240. The van der Waals surface area contributed by atoms with Gasteiger partial charge in [0.2, 0.25) is 15.2 Å². The molecule has 1 saturated carbocycles. The second-order valence-corrected chi connectivity index (χ2v) is 14.9. The highest BCUT2D eigenvalue weighted by Gasteiger charge is 2.30. The molecule has 0 bridgehead atoms. The van der Waals surface area contributed by atoms with E-state index in [0.717, 1.165) is 37.6 Å². The van der Waals surface area contributed by atoms with Crippen LogP contribution in [0, 0.1) is 5.92 Å². The Morgan fingerprint density at radius 2 is 1.86 bits per heavy atom. The van der Waals surface area contributed by atoms with E-state index in [-0.39, 0.29) is 31.9 Å². The smallest absolute Gasteiger partial charge is 0.325 e. The molecule has 0 unspecified atom stereocenters. The molecule has 0 atom stereocenters. The number of urea groups is 1. The van der Waals surface area contributed by atoms with Crippen molar-refractivity contribution < 1.29 is 31.2 Å². The van der Waals surface area contributed by atoms with Gasteiger partial charge in [-0.05, 0) is 31.0 Å². The van der Waals surface area contributed by atoms with Gasteiger partial charge in [0.15, 0.2) is 15.1 Å². The zero-order chi connectivity index (χ0) is 29.9. The molecule has 4 N–H and O–H groups in total. The average Bonchev–Trinajstić information content (AvgIpc) is 3.75. The van der Waals surface area contributed by atoms with Crippen molar-refractivity contribution in [2.45, 2.75) is 41.6 Å². The monoisotopic (exact) mass is 637 g/mol. The van der Waals surface area contributed by atoms with Crippen molar-refractivity contribution in [1.82, 2.24) is 19.7 Å². The zero-order valence-electron chi connectivity index (χ0n) is 22.8. The minimum Gasteiger partial charge on any atom is -0.378 e. The Labute approximate surface area is 247 Å². The molecule has 2 aliphatic rings. The maximum absolute atomic E-state index is 13.5. The highest BCUT2D eigenvalue weighted by molar-refractivity contribution is 7.93. The van der Waals surface area contributed by atoms with Crippen LogP contribution >= 0.6 is 11.3 Å². The van der Waals surface area contributed by atoms with Gasteiger partial charge in [0, 0.05) is 42.7 Å². The summed E-state index contributed by atoms with van der Waals surface area (Å²) in [6.07, 6.45) is 7.08. The molecule has 1 saturated heterocycles. The number of sulfonamides is 1. The number of H-pyrrole nitrogens is 1. The molecule has 14 nitrogen and oxygen atoms in total. The minimum atomic E-state index is -4.19.